The van der Waals surface area contributed by atoms with Gasteiger partial charge in [-0.3, -0.25) is 0 Å². The summed E-state index contributed by atoms with van der Waals surface area (Å²) in [5.41, 5.74) is 3.10. The van der Waals surface area contributed by atoms with Crippen molar-refractivity contribution in [2.75, 3.05) is 13.6 Å². The van der Waals surface area contributed by atoms with Gasteiger partial charge in [-0.25, -0.2) is 0 Å². The summed E-state index contributed by atoms with van der Waals surface area (Å²) in [6.07, 6.45) is 4.13. The molecule has 2 nitrogen and oxygen atoms in total. The van der Waals surface area contributed by atoms with Gasteiger partial charge in [0.25, 0.3) is 0 Å². The third-order valence-electron chi connectivity index (χ3n) is 3.29. The maximum Gasteiger partial charge on any atom is 0.100 e. The molecule has 0 aliphatic carbocycles. The second-order valence-corrected chi connectivity index (χ2v) is 3.89. The average molecular weight is 196 g/mol. The molecule has 0 N–H and O–H groups in total. The summed E-state index contributed by atoms with van der Waals surface area (Å²) in [6.45, 7) is 10.2. The first kappa shape index (κ1) is 11.4. The molecule has 0 saturated carbocycles. The molecule has 2 heteroatoms. The van der Waals surface area contributed by atoms with Crippen molar-refractivity contribution in [3.05, 3.63) is 11.4 Å². The van der Waals surface area contributed by atoms with Crippen molar-refractivity contribution in [1.82, 2.24) is 9.80 Å². The standard InChI is InChI=1S/C12H24N2/c1-6-10-11(7-2)14(9-4)12(8-3)13(10)5/h12H,6-9H2,1-5H3. The number of rotatable bonds is 4. The predicted octanol–water partition coefficient (Wildman–Crippen LogP) is 3.02. The van der Waals surface area contributed by atoms with Crippen molar-refractivity contribution < 1.29 is 0 Å². The zero-order chi connectivity index (χ0) is 10.7. The second kappa shape index (κ2) is 4.72. The van der Waals surface area contributed by atoms with Crippen LogP contribution in [0.3, 0.4) is 0 Å². The zero-order valence-electron chi connectivity index (χ0n) is 10.3. The molecule has 0 aromatic carbocycles. The molecule has 0 amide bonds. The molecular weight excluding hydrogens is 172 g/mol. The molecule has 82 valence electrons. The minimum absolute atomic E-state index is 0.602. The molecule has 14 heavy (non-hydrogen) atoms. The molecule has 1 rings (SSSR count). The molecule has 1 unspecified atom stereocenters. The number of hydrogen-bond acceptors (Lipinski definition) is 2. The fourth-order valence-corrected chi connectivity index (χ4v) is 2.69. The Morgan fingerprint density at radius 3 is 1.93 bits per heavy atom. The van der Waals surface area contributed by atoms with Gasteiger partial charge in [0.15, 0.2) is 0 Å². The van der Waals surface area contributed by atoms with Crippen LogP contribution in [0.15, 0.2) is 11.4 Å². The Kier molecular flexibility index (Phi) is 3.85. The van der Waals surface area contributed by atoms with E-state index in [0.29, 0.717) is 6.17 Å². The van der Waals surface area contributed by atoms with E-state index in [9.17, 15) is 0 Å². The van der Waals surface area contributed by atoms with E-state index >= 15 is 0 Å². The summed E-state index contributed by atoms with van der Waals surface area (Å²) in [4.78, 5) is 5.02. The molecule has 1 aliphatic heterocycles. The minimum atomic E-state index is 0.602. The van der Waals surface area contributed by atoms with Gasteiger partial charge in [-0.2, -0.15) is 0 Å². The Balaban J connectivity index is 2.96. The summed E-state index contributed by atoms with van der Waals surface area (Å²) in [7, 11) is 2.23. The SMILES string of the molecule is CCC1=C(CC)N(CC)C(CC)N1C. The Hall–Kier alpha value is -0.660. The highest BCUT2D eigenvalue weighted by Gasteiger charge is 2.31. The summed E-state index contributed by atoms with van der Waals surface area (Å²) < 4.78 is 0. The summed E-state index contributed by atoms with van der Waals surface area (Å²) in [5, 5.41) is 0. The highest BCUT2D eigenvalue weighted by atomic mass is 15.4. The highest BCUT2D eigenvalue weighted by Crippen LogP contribution is 2.32. The normalized spacial score (nSPS) is 22.5. The van der Waals surface area contributed by atoms with E-state index in [-0.39, 0.29) is 0 Å². The van der Waals surface area contributed by atoms with E-state index < -0.39 is 0 Å². The van der Waals surface area contributed by atoms with Crippen molar-refractivity contribution in [3.63, 3.8) is 0 Å². The third kappa shape index (κ3) is 1.62. The van der Waals surface area contributed by atoms with Crippen LogP contribution in [0.4, 0.5) is 0 Å². The van der Waals surface area contributed by atoms with Crippen molar-refractivity contribution in [1.29, 1.82) is 0 Å². The third-order valence-corrected chi connectivity index (χ3v) is 3.29. The van der Waals surface area contributed by atoms with Crippen LogP contribution < -0.4 is 0 Å². The lowest BCUT2D eigenvalue weighted by molar-refractivity contribution is 0.158. The average Bonchev–Trinajstić information content (AvgIpc) is 2.48. The lowest BCUT2D eigenvalue weighted by Gasteiger charge is -2.31. The van der Waals surface area contributed by atoms with E-state index in [1.165, 1.54) is 6.42 Å². The van der Waals surface area contributed by atoms with E-state index in [0.717, 1.165) is 19.4 Å². The van der Waals surface area contributed by atoms with Gasteiger partial charge in [-0.15, -0.1) is 0 Å². The Bertz CT molecular complexity index is 220. The maximum absolute atomic E-state index is 2.55. The van der Waals surface area contributed by atoms with Gasteiger partial charge in [0.1, 0.15) is 6.17 Å². The van der Waals surface area contributed by atoms with Crippen LogP contribution in [0.2, 0.25) is 0 Å². The first-order valence-electron chi connectivity index (χ1n) is 5.92. The second-order valence-electron chi connectivity index (χ2n) is 3.89. The smallest absolute Gasteiger partial charge is 0.100 e. The molecule has 0 fully saturated rings. The maximum atomic E-state index is 2.55. The number of hydrogen-bond donors (Lipinski definition) is 0. The summed E-state index contributed by atoms with van der Waals surface area (Å²) in [5.74, 6) is 0. The van der Waals surface area contributed by atoms with Gasteiger partial charge < -0.3 is 9.80 Å². The predicted molar refractivity (Wildman–Crippen MR) is 61.8 cm³/mol. The van der Waals surface area contributed by atoms with E-state index in [4.69, 9.17) is 0 Å². The molecule has 0 aromatic heterocycles. The molecule has 0 bridgehead atoms. The highest BCUT2D eigenvalue weighted by molar-refractivity contribution is 5.19. The zero-order valence-corrected chi connectivity index (χ0v) is 10.3. The van der Waals surface area contributed by atoms with Crippen molar-refractivity contribution in [2.45, 2.75) is 53.1 Å². The summed E-state index contributed by atoms with van der Waals surface area (Å²) >= 11 is 0. The Morgan fingerprint density at radius 1 is 1.00 bits per heavy atom. The fraction of sp³-hybridized carbons (Fsp3) is 0.833. The molecular formula is C12H24N2. The molecule has 1 atom stereocenters. The van der Waals surface area contributed by atoms with Crippen LogP contribution in [-0.4, -0.2) is 29.6 Å². The molecule has 1 aliphatic rings. The van der Waals surface area contributed by atoms with E-state index in [2.05, 4.69) is 44.5 Å². The fourth-order valence-electron chi connectivity index (χ4n) is 2.69. The van der Waals surface area contributed by atoms with Gasteiger partial charge in [-0.05, 0) is 26.2 Å². The molecule has 0 aromatic rings. The van der Waals surface area contributed by atoms with Crippen molar-refractivity contribution in [2.24, 2.45) is 0 Å². The molecule has 0 spiro atoms. The first-order valence-corrected chi connectivity index (χ1v) is 5.92. The minimum Gasteiger partial charge on any atom is -0.356 e. The van der Waals surface area contributed by atoms with Crippen LogP contribution in [0, 0.1) is 0 Å². The van der Waals surface area contributed by atoms with Gasteiger partial charge in [0, 0.05) is 25.0 Å². The first-order chi connectivity index (χ1) is 6.71. The van der Waals surface area contributed by atoms with E-state index in [1.807, 2.05) is 0 Å². The van der Waals surface area contributed by atoms with Crippen LogP contribution in [0.5, 0.6) is 0 Å². The quantitative estimate of drug-likeness (QED) is 0.682. The van der Waals surface area contributed by atoms with Crippen LogP contribution in [-0.2, 0) is 0 Å². The van der Waals surface area contributed by atoms with Crippen LogP contribution in [0.25, 0.3) is 0 Å². The van der Waals surface area contributed by atoms with Crippen LogP contribution in [0.1, 0.15) is 47.0 Å². The largest absolute Gasteiger partial charge is 0.356 e. The topological polar surface area (TPSA) is 6.48 Å². The van der Waals surface area contributed by atoms with Gasteiger partial charge >= 0.3 is 0 Å². The molecule has 0 saturated heterocycles. The summed E-state index contributed by atoms with van der Waals surface area (Å²) in [6, 6.07) is 0. The van der Waals surface area contributed by atoms with E-state index in [1.54, 1.807) is 11.4 Å². The molecule has 1 heterocycles. The van der Waals surface area contributed by atoms with Crippen molar-refractivity contribution >= 4 is 0 Å². The van der Waals surface area contributed by atoms with Gasteiger partial charge in [-0.1, -0.05) is 20.8 Å². The lowest BCUT2D eigenvalue weighted by Crippen LogP contribution is -2.37. The van der Waals surface area contributed by atoms with Gasteiger partial charge in [0.2, 0.25) is 0 Å². The number of nitrogens with zero attached hydrogens (tertiary/aromatic N) is 2. The molecule has 0 radical (unpaired) electrons. The monoisotopic (exact) mass is 196 g/mol. The van der Waals surface area contributed by atoms with Crippen LogP contribution >= 0.6 is 0 Å². The Labute approximate surface area is 88.6 Å². The lowest BCUT2D eigenvalue weighted by atomic mass is 10.2. The number of allylic oxidation sites excluding steroid dienone is 2. The van der Waals surface area contributed by atoms with Gasteiger partial charge in [0.05, 0.1) is 0 Å². The van der Waals surface area contributed by atoms with Crippen molar-refractivity contribution in [3.8, 4) is 0 Å². The Morgan fingerprint density at radius 2 is 1.57 bits per heavy atom.